The molecular weight excluding hydrogens is 340 g/mol. The summed E-state index contributed by atoms with van der Waals surface area (Å²) in [6.07, 6.45) is 2.06. The van der Waals surface area contributed by atoms with Gasteiger partial charge in [-0.2, -0.15) is 0 Å². The number of rotatable bonds is 5. The van der Waals surface area contributed by atoms with Gasteiger partial charge < -0.3 is 10.6 Å². The molecule has 2 N–H and O–H groups in total. The minimum Gasteiger partial charge on any atom is -0.350 e. The number of non-ortho nitro benzene ring substituents is 1. The predicted octanol–water partition coefficient (Wildman–Crippen LogP) is 2.84. The predicted molar refractivity (Wildman–Crippen MR) is 96.7 cm³/mol. The average molecular weight is 360 g/mol. The second kappa shape index (κ2) is 7.28. The quantitative estimate of drug-likeness (QED) is 0.631. The van der Waals surface area contributed by atoms with Gasteiger partial charge in [0, 0.05) is 29.6 Å². The molecule has 1 aliphatic heterocycles. The van der Waals surface area contributed by atoms with Crippen molar-refractivity contribution in [2.45, 2.75) is 19.8 Å². The van der Waals surface area contributed by atoms with Crippen molar-refractivity contribution in [2.75, 3.05) is 19.6 Å². The Morgan fingerprint density at radius 1 is 1.44 bits per heavy atom. The summed E-state index contributed by atoms with van der Waals surface area (Å²) in [5.74, 6) is -0.201. The fraction of sp³-hybridized carbons (Fsp3) is 0.412. The minimum absolute atomic E-state index is 0.0116. The zero-order valence-corrected chi connectivity index (χ0v) is 14.8. The number of aromatic nitrogens is 1. The number of hydrogen-bond donors (Lipinski definition) is 2. The van der Waals surface area contributed by atoms with E-state index in [-0.39, 0.29) is 17.0 Å². The maximum atomic E-state index is 12.4. The van der Waals surface area contributed by atoms with Gasteiger partial charge in [-0.05, 0) is 31.3 Å². The molecule has 0 aliphatic carbocycles. The fourth-order valence-electron chi connectivity index (χ4n) is 2.85. The number of piperidine rings is 1. The smallest absolute Gasteiger partial charge is 0.270 e. The molecule has 1 fully saturated rings. The third-order valence-electron chi connectivity index (χ3n) is 4.53. The van der Waals surface area contributed by atoms with Crippen LogP contribution in [0.1, 0.15) is 30.3 Å². The zero-order valence-electron chi connectivity index (χ0n) is 13.9. The van der Waals surface area contributed by atoms with Crippen molar-refractivity contribution < 1.29 is 9.72 Å². The molecular formula is C17H20N4O3S. The number of nitrogens with one attached hydrogen (secondary N) is 2. The van der Waals surface area contributed by atoms with Crippen LogP contribution in [0.25, 0.3) is 10.6 Å². The van der Waals surface area contributed by atoms with Crippen LogP contribution in [-0.4, -0.2) is 35.4 Å². The second-order valence-corrected chi connectivity index (χ2v) is 7.45. The third kappa shape index (κ3) is 4.21. The molecule has 132 valence electrons. The van der Waals surface area contributed by atoms with Crippen LogP contribution in [0.15, 0.2) is 29.6 Å². The van der Waals surface area contributed by atoms with Crippen molar-refractivity contribution >= 4 is 22.9 Å². The lowest BCUT2D eigenvalue weighted by Crippen LogP contribution is -2.42. The lowest BCUT2D eigenvalue weighted by Gasteiger charge is -2.34. The van der Waals surface area contributed by atoms with Crippen molar-refractivity contribution in [2.24, 2.45) is 5.41 Å². The van der Waals surface area contributed by atoms with Crippen LogP contribution < -0.4 is 10.6 Å². The summed E-state index contributed by atoms with van der Waals surface area (Å²) in [5.41, 5.74) is 1.12. The number of benzene rings is 1. The van der Waals surface area contributed by atoms with Crippen molar-refractivity contribution in [3.05, 3.63) is 45.5 Å². The monoisotopic (exact) mass is 360 g/mol. The summed E-state index contributed by atoms with van der Waals surface area (Å²) in [4.78, 5) is 27.1. The number of thiazole rings is 1. The van der Waals surface area contributed by atoms with Gasteiger partial charge in [0.25, 0.3) is 11.6 Å². The van der Waals surface area contributed by atoms with E-state index in [0.29, 0.717) is 22.8 Å². The van der Waals surface area contributed by atoms with E-state index in [4.69, 9.17) is 0 Å². The van der Waals surface area contributed by atoms with E-state index in [9.17, 15) is 14.9 Å². The van der Waals surface area contributed by atoms with Gasteiger partial charge in [0.1, 0.15) is 10.7 Å². The molecule has 0 bridgehead atoms. The number of carbonyl (C=O) groups excluding carboxylic acids is 1. The molecule has 0 radical (unpaired) electrons. The van der Waals surface area contributed by atoms with Gasteiger partial charge in [-0.15, -0.1) is 11.3 Å². The Labute approximate surface area is 149 Å². The number of nitro benzene ring substituents is 1. The lowest BCUT2D eigenvalue weighted by molar-refractivity contribution is -0.384. The SMILES string of the molecule is CC1(CNC(=O)c2csc(-c3cccc([N+](=O)[O-])c3)n2)CCNCC1. The highest BCUT2D eigenvalue weighted by molar-refractivity contribution is 7.13. The normalized spacial score (nSPS) is 16.4. The van der Waals surface area contributed by atoms with E-state index in [1.54, 1.807) is 17.5 Å². The van der Waals surface area contributed by atoms with Gasteiger partial charge >= 0.3 is 0 Å². The first-order valence-electron chi connectivity index (χ1n) is 8.16. The van der Waals surface area contributed by atoms with E-state index in [2.05, 4.69) is 22.5 Å². The Morgan fingerprint density at radius 2 is 2.20 bits per heavy atom. The van der Waals surface area contributed by atoms with Gasteiger partial charge in [0.05, 0.1) is 4.92 Å². The highest BCUT2D eigenvalue weighted by atomic mass is 32.1. The number of nitro groups is 1. The molecule has 8 heteroatoms. The zero-order chi connectivity index (χ0) is 17.9. The molecule has 1 amide bonds. The maximum absolute atomic E-state index is 12.4. The minimum atomic E-state index is -0.440. The Morgan fingerprint density at radius 3 is 2.92 bits per heavy atom. The summed E-state index contributed by atoms with van der Waals surface area (Å²) < 4.78 is 0. The highest BCUT2D eigenvalue weighted by Gasteiger charge is 2.27. The molecule has 0 saturated carbocycles. The summed E-state index contributed by atoms with van der Waals surface area (Å²) in [7, 11) is 0. The van der Waals surface area contributed by atoms with E-state index >= 15 is 0 Å². The third-order valence-corrected chi connectivity index (χ3v) is 5.42. The largest absolute Gasteiger partial charge is 0.350 e. The van der Waals surface area contributed by atoms with Crippen molar-refractivity contribution in [1.29, 1.82) is 0 Å². The maximum Gasteiger partial charge on any atom is 0.270 e. The average Bonchev–Trinajstić information content (AvgIpc) is 3.11. The molecule has 2 heterocycles. The van der Waals surface area contributed by atoms with Crippen LogP contribution in [-0.2, 0) is 0 Å². The van der Waals surface area contributed by atoms with Crippen LogP contribution in [0.3, 0.4) is 0 Å². The molecule has 0 unspecified atom stereocenters. The summed E-state index contributed by atoms with van der Waals surface area (Å²) in [5, 5.41) is 19.5. The first-order valence-corrected chi connectivity index (χ1v) is 9.04. The Hall–Kier alpha value is -2.32. The summed E-state index contributed by atoms with van der Waals surface area (Å²) >= 11 is 1.31. The van der Waals surface area contributed by atoms with Gasteiger partial charge in [-0.1, -0.05) is 19.1 Å². The van der Waals surface area contributed by atoms with Crippen molar-refractivity contribution in [3.63, 3.8) is 0 Å². The molecule has 2 aromatic rings. The van der Waals surface area contributed by atoms with E-state index in [1.807, 2.05) is 0 Å². The topological polar surface area (TPSA) is 97.2 Å². The van der Waals surface area contributed by atoms with Crippen molar-refractivity contribution in [3.8, 4) is 10.6 Å². The molecule has 1 aromatic carbocycles. The Balaban J connectivity index is 1.67. The first-order chi connectivity index (χ1) is 12.0. The molecule has 25 heavy (non-hydrogen) atoms. The second-order valence-electron chi connectivity index (χ2n) is 6.59. The molecule has 1 saturated heterocycles. The number of amides is 1. The first kappa shape index (κ1) is 17.5. The van der Waals surface area contributed by atoms with Crippen LogP contribution in [0.5, 0.6) is 0 Å². The van der Waals surface area contributed by atoms with E-state index in [0.717, 1.165) is 25.9 Å². The van der Waals surface area contributed by atoms with E-state index in [1.165, 1.54) is 23.5 Å². The molecule has 0 atom stereocenters. The molecule has 1 aliphatic rings. The van der Waals surface area contributed by atoms with Gasteiger partial charge in [0.2, 0.25) is 0 Å². The number of nitrogens with zero attached hydrogens (tertiary/aromatic N) is 2. The van der Waals surface area contributed by atoms with Gasteiger partial charge in [-0.25, -0.2) is 4.98 Å². The molecule has 3 rings (SSSR count). The number of hydrogen-bond acceptors (Lipinski definition) is 6. The molecule has 7 nitrogen and oxygen atoms in total. The van der Waals surface area contributed by atoms with Crippen LogP contribution >= 0.6 is 11.3 Å². The molecule has 0 spiro atoms. The Bertz CT molecular complexity index is 784. The van der Waals surface area contributed by atoms with Gasteiger partial charge in [0.15, 0.2) is 0 Å². The Kier molecular flexibility index (Phi) is 5.10. The van der Waals surface area contributed by atoms with E-state index < -0.39 is 4.92 Å². The summed E-state index contributed by atoms with van der Waals surface area (Å²) in [6, 6.07) is 6.27. The van der Waals surface area contributed by atoms with Crippen LogP contribution in [0.4, 0.5) is 5.69 Å². The van der Waals surface area contributed by atoms with Gasteiger partial charge in [-0.3, -0.25) is 14.9 Å². The standard InChI is InChI=1S/C17H20N4O3S/c1-17(5-7-18-8-6-17)11-19-15(22)14-10-25-16(20-14)12-3-2-4-13(9-12)21(23)24/h2-4,9-10,18H,5-8,11H2,1H3,(H,19,22). The molecule has 1 aromatic heterocycles. The number of carbonyl (C=O) groups is 1. The summed E-state index contributed by atoms with van der Waals surface area (Å²) in [6.45, 7) is 4.75. The fourth-order valence-corrected chi connectivity index (χ4v) is 3.65. The lowest BCUT2D eigenvalue weighted by atomic mass is 9.81. The van der Waals surface area contributed by atoms with Crippen molar-refractivity contribution in [1.82, 2.24) is 15.6 Å². The van der Waals surface area contributed by atoms with Crippen LogP contribution in [0.2, 0.25) is 0 Å². The van der Waals surface area contributed by atoms with Crippen LogP contribution in [0, 0.1) is 15.5 Å². The highest BCUT2D eigenvalue weighted by Crippen LogP contribution is 2.28.